The maximum Gasteiger partial charge on any atom is 0.375 e. The molecule has 0 atom stereocenters. The first kappa shape index (κ1) is 17.3. The van der Waals surface area contributed by atoms with Crippen LogP contribution in [0.2, 0.25) is 5.02 Å². The van der Waals surface area contributed by atoms with E-state index in [4.69, 9.17) is 20.8 Å². The van der Waals surface area contributed by atoms with Crippen LogP contribution in [0.5, 0.6) is 0 Å². The van der Waals surface area contributed by atoms with Gasteiger partial charge in [0.05, 0.1) is 0 Å². The van der Waals surface area contributed by atoms with Crippen molar-refractivity contribution in [2.24, 2.45) is 0 Å². The van der Waals surface area contributed by atoms with Crippen LogP contribution in [-0.2, 0) is 9.53 Å². The van der Waals surface area contributed by atoms with E-state index in [1.54, 1.807) is 25.1 Å². The van der Waals surface area contributed by atoms with Crippen molar-refractivity contribution < 1.29 is 18.7 Å². The Hall–Kier alpha value is -2.01. The average Bonchev–Trinajstić information content (AvgIpc) is 2.81. The Morgan fingerprint density at radius 3 is 2.70 bits per heavy atom. The van der Waals surface area contributed by atoms with E-state index in [0.29, 0.717) is 16.2 Å². The van der Waals surface area contributed by atoms with Crippen molar-refractivity contribution in [3.8, 4) is 0 Å². The lowest BCUT2D eigenvalue weighted by atomic mass is 10.0. The normalized spacial score (nSPS) is 11.5. The third kappa shape index (κ3) is 4.05. The maximum absolute atomic E-state index is 12.1. The molecule has 1 amide bonds. The van der Waals surface area contributed by atoms with Gasteiger partial charge in [0.25, 0.3) is 5.91 Å². The Bertz CT molecular complexity index is 748. The second kappa shape index (κ2) is 6.62. The van der Waals surface area contributed by atoms with E-state index in [1.165, 1.54) is 0 Å². The monoisotopic (exact) mass is 337 g/mol. The smallest absolute Gasteiger partial charge is 0.375 e. The molecule has 0 aliphatic rings. The SMILES string of the molecule is CCC(C)(C)NC(=O)COC(=O)c1oc2ccc(Cl)cc2c1C. The number of amides is 1. The van der Waals surface area contributed by atoms with Gasteiger partial charge >= 0.3 is 5.97 Å². The number of furan rings is 1. The van der Waals surface area contributed by atoms with Crippen molar-refractivity contribution in [1.82, 2.24) is 5.32 Å². The van der Waals surface area contributed by atoms with Crippen LogP contribution in [-0.4, -0.2) is 24.0 Å². The molecular formula is C17H20ClNO4. The van der Waals surface area contributed by atoms with E-state index in [0.717, 1.165) is 11.8 Å². The van der Waals surface area contributed by atoms with Gasteiger partial charge in [-0.15, -0.1) is 0 Å². The first-order chi connectivity index (χ1) is 10.7. The van der Waals surface area contributed by atoms with Crippen LogP contribution < -0.4 is 5.32 Å². The van der Waals surface area contributed by atoms with E-state index in [9.17, 15) is 9.59 Å². The molecule has 0 fully saturated rings. The van der Waals surface area contributed by atoms with Crippen LogP contribution in [0.3, 0.4) is 0 Å². The quantitative estimate of drug-likeness (QED) is 0.841. The largest absolute Gasteiger partial charge is 0.450 e. The number of esters is 1. The number of aryl methyl sites for hydroxylation is 1. The highest BCUT2D eigenvalue weighted by molar-refractivity contribution is 6.31. The van der Waals surface area contributed by atoms with Gasteiger partial charge in [-0.05, 0) is 45.4 Å². The highest BCUT2D eigenvalue weighted by atomic mass is 35.5. The molecule has 0 aliphatic heterocycles. The third-order valence-corrected chi connectivity index (χ3v) is 4.01. The molecule has 1 aromatic carbocycles. The van der Waals surface area contributed by atoms with Gasteiger partial charge in [-0.1, -0.05) is 18.5 Å². The minimum absolute atomic E-state index is 0.0878. The fourth-order valence-corrected chi connectivity index (χ4v) is 2.26. The Kier molecular flexibility index (Phi) is 5.00. The number of nitrogens with one attached hydrogen (secondary N) is 1. The van der Waals surface area contributed by atoms with Gasteiger partial charge in [-0.25, -0.2) is 4.79 Å². The molecule has 0 unspecified atom stereocenters. The predicted octanol–water partition coefficient (Wildman–Crippen LogP) is 3.86. The topological polar surface area (TPSA) is 68.5 Å². The summed E-state index contributed by atoms with van der Waals surface area (Å²) in [5, 5.41) is 4.11. The molecule has 0 aliphatic carbocycles. The van der Waals surface area contributed by atoms with E-state index in [-0.39, 0.29) is 23.8 Å². The van der Waals surface area contributed by atoms with Crippen molar-refractivity contribution in [1.29, 1.82) is 0 Å². The zero-order valence-corrected chi connectivity index (χ0v) is 14.4. The molecular weight excluding hydrogens is 318 g/mol. The lowest BCUT2D eigenvalue weighted by Crippen LogP contribution is -2.44. The molecule has 2 aromatic rings. The summed E-state index contributed by atoms with van der Waals surface area (Å²) >= 11 is 5.95. The maximum atomic E-state index is 12.1. The molecule has 23 heavy (non-hydrogen) atoms. The molecule has 5 nitrogen and oxygen atoms in total. The highest BCUT2D eigenvalue weighted by Gasteiger charge is 2.22. The van der Waals surface area contributed by atoms with E-state index >= 15 is 0 Å². The van der Waals surface area contributed by atoms with Crippen LogP contribution in [0.15, 0.2) is 22.6 Å². The summed E-state index contributed by atoms with van der Waals surface area (Å²) in [5.74, 6) is -0.925. The van der Waals surface area contributed by atoms with Gasteiger partial charge in [-0.3, -0.25) is 4.79 Å². The Balaban J connectivity index is 2.07. The number of halogens is 1. The number of hydrogen-bond acceptors (Lipinski definition) is 4. The summed E-state index contributed by atoms with van der Waals surface area (Å²) < 4.78 is 10.5. The second-order valence-corrected chi connectivity index (χ2v) is 6.49. The number of ether oxygens (including phenoxy) is 1. The molecule has 2 rings (SSSR count). The summed E-state index contributed by atoms with van der Waals surface area (Å²) in [4.78, 5) is 23.9. The van der Waals surface area contributed by atoms with Crippen LogP contribution in [0.25, 0.3) is 11.0 Å². The Morgan fingerprint density at radius 1 is 1.35 bits per heavy atom. The van der Waals surface area contributed by atoms with Gasteiger partial charge < -0.3 is 14.5 Å². The first-order valence-corrected chi connectivity index (χ1v) is 7.78. The van der Waals surface area contributed by atoms with Crippen LogP contribution in [0.4, 0.5) is 0 Å². The van der Waals surface area contributed by atoms with E-state index in [1.807, 2.05) is 20.8 Å². The molecule has 1 heterocycles. The number of rotatable bonds is 5. The minimum Gasteiger partial charge on any atom is -0.450 e. The summed E-state index contributed by atoms with van der Waals surface area (Å²) in [6.45, 7) is 7.17. The summed E-state index contributed by atoms with van der Waals surface area (Å²) in [7, 11) is 0. The highest BCUT2D eigenvalue weighted by Crippen LogP contribution is 2.28. The fourth-order valence-electron chi connectivity index (χ4n) is 2.09. The van der Waals surface area contributed by atoms with Crippen LogP contribution in [0.1, 0.15) is 43.3 Å². The van der Waals surface area contributed by atoms with Gasteiger partial charge in [0, 0.05) is 21.5 Å². The van der Waals surface area contributed by atoms with Crippen molar-refractivity contribution >= 4 is 34.4 Å². The molecule has 0 saturated heterocycles. The minimum atomic E-state index is -0.667. The fraction of sp³-hybridized carbons (Fsp3) is 0.412. The number of benzene rings is 1. The molecule has 0 bridgehead atoms. The number of hydrogen-bond donors (Lipinski definition) is 1. The van der Waals surface area contributed by atoms with Crippen LogP contribution in [0, 0.1) is 6.92 Å². The average molecular weight is 338 g/mol. The molecule has 1 N–H and O–H groups in total. The third-order valence-electron chi connectivity index (χ3n) is 3.78. The van der Waals surface area contributed by atoms with Gasteiger partial charge in [0.1, 0.15) is 5.58 Å². The molecule has 6 heteroatoms. The molecule has 1 aromatic heterocycles. The number of fused-ring (bicyclic) bond motifs is 1. The van der Waals surface area contributed by atoms with E-state index in [2.05, 4.69) is 5.32 Å². The van der Waals surface area contributed by atoms with E-state index < -0.39 is 5.97 Å². The lowest BCUT2D eigenvalue weighted by Gasteiger charge is -2.24. The molecule has 124 valence electrons. The standard InChI is InChI=1S/C17H20ClNO4/c1-5-17(3,4)19-14(20)9-22-16(21)15-10(2)12-8-11(18)6-7-13(12)23-15/h6-8H,5,9H2,1-4H3,(H,19,20). The summed E-state index contributed by atoms with van der Waals surface area (Å²) in [5.41, 5.74) is 0.854. The number of carbonyl (C=O) groups is 2. The second-order valence-electron chi connectivity index (χ2n) is 6.06. The van der Waals surface area contributed by atoms with Crippen LogP contribution >= 0.6 is 11.6 Å². The predicted molar refractivity (Wildman–Crippen MR) is 88.8 cm³/mol. The summed E-state index contributed by atoms with van der Waals surface area (Å²) in [6.07, 6.45) is 0.774. The molecule has 0 saturated carbocycles. The van der Waals surface area contributed by atoms with Gasteiger partial charge in [-0.2, -0.15) is 0 Å². The first-order valence-electron chi connectivity index (χ1n) is 7.40. The van der Waals surface area contributed by atoms with Crippen molar-refractivity contribution in [2.45, 2.75) is 39.7 Å². The summed E-state index contributed by atoms with van der Waals surface area (Å²) in [6, 6.07) is 5.10. The van der Waals surface area contributed by atoms with Crippen molar-refractivity contribution in [2.75, 3.05) is 6.61 Å². The Labute approximate surface area is 139 Å². The van der Waals surface area contributed by atoms with Gasteiger partial charge in [0.2, 0.25) is 5.76 Å². The molecule has 0 spiro atoms. The Morgan fingerprint density at radius 2 is 2.04 bits per heavy atom. The zero-order valence-electron chi connectivity index (χ0n) is 13.7. The van der Waals surface area contributed by atoms with Gasteiger partial charge in [0.15, 0.2) is 6.61 Å². The zero-order chi connectivity index (χ0) is 17.2. The van der Waals surface area contributed by atoms with Crippen molar-refractivity contribution in [3.05, 3.63) is 34.5 Å². The van der Waals surface area contributed by atoms with Crippen molar-refractivity contribution in [3.63, 3.8) is 0 Å². The number of carbonyl (C=O) groups excluding carboxylic acids is 2. The lowest BCUT2D eigenvalue weighted by molar-refractivity contribution is -0.125. The molecule has 0 radical (unpaired) electrons.